The zero-order valence-electron chi connectivity index (χ0n) is 11.3. The number of methoxy groups -OCH3 is 1. The second-order valence-electron chi connectivity index (χ2n) is 4.31. The van der Waals surface area contributed by atoms with Gasteiger partial charge in [0.15, 0.2) is 0 Å². The minimum Gasteiger partial charge on any atom is -0.468 e. The Bertz CT molecular complexity index is 538. The molecule has 0 unspecified atom stereocenters. The van der Waals surface area contributed by atoms with Crippen LogP contribution in [0.25, 0.3) is 0 Å². The smallest absolute Gasteiger partial charge is 0.279 e. The number of anilines is 1. The minimum atomic E-state index is -0.231. The number of hydrazine groups is 1. The van der Waals surface area contributed by atoms with Gasteiger partial charge in [-0.3, -0.25) is 4.79 Å². The molecule has 7 heteroatoms. The van der Waals surface area contributed by atoms with E-state index in [4.69, 9.17) is 33.3 Å². The molecule has 5 nitrogen and oxygen atoms in total. The summed E-state index contributed by atoms with van der Waals surface area (Å²) in [6.45, 7) is 2.82. The Morgan fingerprint density at radius 2 is 2.35 bits per heavy atom. The van der Waals surface area contributed by atoms with Gasteiger partial charge in [0.2, 0.25) is 0 Å². The maximum atomic E-state index is 12.3. The van der Waals surface area contributed by atoms with E-state index < -0.39 is 0 Å². The molecular weight excluding hydrogens is 300 g/mol. The fraction of sp³-hybridized carbons (Fsp3) is 0.385. The van der Waals surface area contributed by atoms with E-state index >= 15 is 0 Å². The van der Waals surface area contributed by atoms with Crippen molar-refractivity contribution in [3.63, 3.8) is 0 Å². The molecule has 0 radical (unpaired) electrons. The molecule has 1 saturated heterocycles. The summed E-state index contributed by atoms with van der Waals surface area (Å²) < 4.78 is 10.2. The summed E-state index contributed by atoms with van der Waals surface area (Å²) in [5, 5.41) is 3.91. The van der Waals surface area contributed by atoms with Gasteiger partial charge in [-0.15, -0.1) is 0 Å². The molecule has 1 aliphatic rings. The lowest BCUT2D eigenvalue weighted by atomic mass is 10.2. The first kappa shape index (κ1) is 15.0. The van der Waals surface area contributed by atoms with Gasteiger partial charge in [0.05, 0.1) is 12.2 Å². The summed E-state index contributed by atoms with van der Waals surface area (Å²) >= 11 is 11.2. The van der Waals surface area contributed by atoms with Crippen LogP contribution in [0.5, 0.6) is 0 Å². The van der Waals surface area contributed by atoms with E-state index in [9.17, 15) is 4.79 Å². The van der Waals surface area contributed by atoms with Crippen molar-refractivity contribution in [3.8, 4) is 0 Å². The molecule has 1 aromatic rings. The third-order valence-corrected chi connectivity index (χ3v) is 3.45. The highest BCUT2D eigenvalue weighted by molar-refractivity contribution is 7.80. The minimum absolute atomic E-state index is 0.0505. The topological polar surface area (TPSA) is 42.0 Å². The standard InChI is InChI=1S/C13H15ClN2O3S/c1-9-3-4-10(14)7-11(9)16(12(17)8-18-2)15-5-6-19-13(15)20/h3-4,7H,5-6,8H2,1-2H3. The molecule has 1 amide bonds. The zero-order chi connectivity index (χ0) is 14.7. The molecule has 0 aliphatic carbocycles. The zero-order valence-corrected chi connectivity index (χ0v) is 12.8. The summed E-state index contributed by atoms with van der Waals surface area (Å²) in [6, 6.07) is 5.36. The number of benzene rings is 1. The highest BCUT2D eigenvalue weighted by Crippen LogP contribution is 2.27. The van der Waals surface area contributed by atoms with E-state index in [2.05, 4.69) is 0 Å². The lowest BCUT2D eigenvalue weighted by molar-refractivity contribution is -0.124. The van der Waals surface area contributed by atoms with Crippen LogP contribution in [-0.2, 0) is 14.3 Å². The summed E-state index contributed by atoms with van der Waals surface area (Å²) in [5.74, 6) is -0.231. The van der Waals surface area contributed by atoms with Crippen molar-refractivity contribution in [2.75, 3.05) is 31.9 Å². The number of thiocarbonyl (C=S) groups is 1. The summed E-state index contributed by atoms with van der Waals surface area (Å²) in [7, 11) is 1.47. The first-order valence-corrected chi connectivity index (χ1v) is 6.85. The Kier molecular flexibility index (Phi) is 4.80. The van der Waals surface area contributed by atoms with Gasteiger partial charge in [-0.2, -0.15) is 0 Å². The maximum absolute atomic E-state index is 12.3. The normalized spacial score (nSPS) is 14.3. The molecule has 0 spiro atoms. The van der Waals surface area contributed by atoms with Crippen LogP contribution >= 0.6 is 23.8 Å². The van der Waals surface area contributed by atoms with Gasteiger partial charge >= 0.3 is 0 Å². The van der Waals surface area contributed by atoms with Crippen molar-refractivity contribution in [1.82, 2.24) is 5.01 Å². The van der Waals surface area contributed by atoms with E-state index in [1.807, 2.05) is 13.0 Å². The molecule has 2 rings (SSSR count). The summed E-state index contributed by atoms with van der Waals surface area (Å²) in [5.41, 5.74) is 1.58. The van der Waals surface area contributed by atoms with Crippen LogP contribution in [0.15, 0.2) is 18.2 Å². The number of hydrogen-bond donors (Lipinski definition) is 0. The summed E-state index contributed by atoms with van der Waals surface area (Å²) in [4.78, 5) is 12.3. The third kappa shape index (κ3) is 3.03. The average molecular weight is 315 g/mol. The van der Waals surface area contributed by atoms with Crippen molar-refractivity contribution in [2.45, 2.75) is 6.92 Å². The van der Waals surface area contributed by atoms with Crippen LogP contribution in [0.1, 0.15) is 5.56 Å². The molecule has 1 heterocycles. The van der Waals surface area contributed by atoms with Gasteiger partial charge in [-0.1, -0.05) is 17.7 Å². The first-order valence-electron chi connectivity index (χ1n) is 6.07. The Balaban J connectivity index is 2.42. The number of aryl methyl sites for hydroxylation is 1. The largest absolute Gasteiger partial charge is 0.468 e. The van der Waals surface area contributed by atoms with Crippen LogP contribution in [0.3, 0.4) is 0 Å². The second-order valence-corrected chi connectivity index (χ2v) is 5.09. The molecule has 0 atom stereocenters. The molecule has 20 heavy (non-hydrogen) atoms. The fourth-order valence-electron chi connectivity index (χ4n) is 1.96. The predicted octanol–water partition coefficient (Wildman–Crippen LogP) is 2.16. The first-order chi connectivity index (χ1) is 9.54. The fourth-order valence-corrected chi connectivity index (χ4v) is 2.38. The molecular formula is C13H15ClN2O3S. The molecule has 0 N–H and O–H groups in total. The predicted molar refractivity (Wildman–Crippen MR) is 80.8 cm³/mol. The van der Waals surface area contributed by atoms with Crippen molar-refractivity contribution in [3.05, 3.63) is 28.8 Å². The van der Waals surface area contributed by atoms with Crippen molar-refractivity contribution in [2.24, 2.45) is 0 Å². The van der Waals surface area contributed by atoms with Crippen LogP contribution in [0.2, 0.25) is 5.02 Å². The SMILES string of the molecule is COCC(=O)N(c1cc(Cl)ccc1C)N1CCOC1=S. The van der Waals surface area contributed by atoms with E-state index in [0.29, 0.717) is 23.9 Å². The Morgan fingerprint density at radius 1 is 1.60 bits per heavy atom. The highest BCUT2D eigenvalue weighted by Gasteiger charge is 2.31. The van der Waals surface area contributed by atoms with Gasteiger partial charge in [0.25, 0.3) is 11.1 Å². The van der Waals surface area contributed by atoms with E-state index in [-0.39, 0.29) is 17.7 Å². The number of halogens is 1. The average Bonchev–Trinajstić information content (AvgIpc) is 2.81. The van der Waals surface area contributed by atoms with Gasteiger partial charge in [-0.25, -0.2) is 10.0 Å². The lowest BCUT2D eigenvalue weighted by Gasteiger charge is -2.32. The lowest BCUT2D eigenvalue weighted by Crippen LogP contribution is -2.49. The monoisotopic (exact) mass is 314 g/mol. The molecule has 1 aliphatic heterocycles. The Hall–Kier alpha value is -1.37. The van der Waals surface area contributed by atoms with E-state index in [1.165, 1.54) is 12.1 Å². The van der Waals surface area contributed by atoms with Crippen LogP contribution in [0, 0.1) is 6.92 Å². The summed E-state index contributed by atoms with van der Waals surface area (Å²) in [6.07, 6.45) is 0. The van der Waals surface area contributed by atoms with Gasteiger partial charge in [0.1, 0.15) is 13.2 Å². The molecule has 0 aromatic heterocycles. The quantitative estimate of drug-likeness (QED) is 0.797. The molecule has 1 aromatic carbocycles. The third-order valence-electron chi connectivity index (χ3n) is 2.88. The second kappa shape index (κ2) is 6.39. The Labute approximate surface area is 128 Å². The number of nitrogens with zero attached hydrogens (tertiary/aromatic N) is 2. The van der Waals surface area contributed by atoms with Gasteiger partial charge < -0.3 is 9.47 Å². The Morgan fingerprint density at radius 3 is 2.95 bits per heavy atom. The number of ether oxygens (including phenoxy) is 2. The van der Waals surface area contributed by atoms with Crippen molar-refractivity contribution < 1.29 is 14.3 Å². The number of hydrogen-bond acceptors (Lipinski definition) is 4. The number of amides is 1. The van der Waals surface area contributed by atoms with E-state index in [1.54, 1.807) is 17.1 Å². The van der Waals surface area contributed by atoms with E-state index in [0.717, 1.165) is 5.56 Å². The van der Waals surface area contributed by atoms with Crippen LogP contribution in [-0.4, -0.2) is 43.0 Å². The molecule has 0 bridgehead atoms. The molecule has 0 saturated carbocycles. The number of carbonyl (C=O) groups is 1. The van der Waals surface area contributed by atoms with Gasteiger partial charge in [-0.05, 0) is 36.8 Å². The number of rotatable bonds is 4. The number of carbonyl (C=O) groups excluding carboxylic acids is 1. The van der Waals surface area contributed by atoms with Crippen LogP contribution < -0.4 is 5.01 Å². The van der Waals surface area contributed by atoms with Crippen molar-refractivity contribution in [1.29, 1.82) is 0 Å². The highest BCUT2D eigenvalue weighted by atomic mass is 35.5. The van der Waals surface area contributed by atoms with Crippen LogP contribution in [0.4, 0.5) is 5.69 Å². The van der Waals surface area contributed by atoms with Gasteiger partial charge in [0, 0.05) is 12.1 Å². The van der Waals surface area contributed by atoms with Crippen molar-refractivity contribution >= 4 is 40.6 Å². The molecule has 1 fully saturated rings. The molecule has 108 valence electrons. The maximum Gasteiger partial charge on any atom is 0.279 e.